The number of rotatable bonds is 5. The lowest BCUT2D eigenvalue weighted by Crippen LogP contribution is -3.15. The topological polar surface area (TPSA) is 63.1 Å². The van der Waals surface area contributed by atoms with Crippen LogP contribution in [-0.2, 0) is 9.53 Å². The number of hydrogen-bond acceptors (Lipinski definition) is 5. The molecule has 0 saturated carbocycles. The predicted molar refractivity (Wildman–Crippen MR) is 108 cm³/mol. The van der Waals surface area contributed by atoms with Gasteiger partial charge in [-0.05, 0) is 31.5 Å². The predicted octanol–water partition coefficient (Wildman–Crippen LogP) is 1.63. The van der Waals surface area contributed by atoms with E-state index in [0.717, 1.165) is 28.4 Å². The van der Waals surface area contributed by atoms with Crippen LogP contribution in [-0.4, -0.2) is 51.7 Å². The molecule has 2 aromatic rings. The van der Waals surface area contributed by atoms with Gasteiger partial charge in [0.25, 0.3) is 5.91 Å². The van der Waals surface area contributed by atoms with Crippen molar-refractivity contribution >= 4 is 33.9 Å². The summed E-state index contributed by atoms with van der Waals surface area (Å²) in [5.41, 5.74) is 1.87. The Kier molecular flexibility index (Phi) is 6.31. The number of ether oxygens (including phenoxy) is 1. The summed E-state index contributed by atoms with van der Waals surface area (Å²) >= 11 is 1.38. The molecule has 1 aliphatic heterocycles. The molecule has 1 saturated heterocycles. The Hall–Kier alpha value is -2.45. The molecule has 0 atom stereocenters. The minimum absolute atomic E-state index is 0.138. The molecule has 0 spiro atoms. The van der Waals surface area contributed by atoms with Gasteiger partial charge in [0.2, 0.25) is 0 Å². The van der Waals surface area contributed by atoms with Crippen LogP contribution in [0.2, 0.25) is 0 Å². The number of nitrogens with zero attached hydrogens (tertiary/aromatic N) is 1. The van der Waals surface area contributed by atoms with Gasteiger partial charge in [0.05, 0.1) is 44.5 Å². The van der Waals surface area contributed by atoms with Gasteiger partial charge in [-0.25, -0.2) is 9.18 Å². The minimum atomic E-state index is -0.442. The van der Waals surface area contributed by atoms with Crippen molar-refractivity contribution in [2.75, 3.05) is 50.1 Å². The van der Waals surface area contributed by atoms with Crippen LogP contribution in [0.5, 0.6) is 0 Å². The molecule has 1 aliphatic rings. The quantitative estimate of drug-likeness (QED) is 0.741. The number of thiophene rings is 1. The number of para-hydroxylation sites is 1. The summed E-state index contributed by atoms with van der Waals surface area (Å²) in [7, 11) is 1.33. The van der Waals surface area contributed by atoms with E-state index in [1.54, 1.807) is 12.1 Å². The van der Waals surface area contributed by atoms with Gasteiger partial charge in [-0.2, -0.15) is 0 Å². The lowest BCUT2D eigenvalue weighted by Gasteiger charge is -2.33. The first-order valence-corrected chi connectivity index (χ1v) is 10.0. The minimum Gasteiger partial charge on any atom is -0.465 e. The Bertz CT molecular complexity index is 876. The fraction of sp³-hybridized carbons (Fsp3) is 0.400. The number of piperazine rings is 1. The normalized spacial score (nSPS) is 14.8. The average Bonchev–Trinajstić information content (AvgIpc) is 2.95. The molecule has 6 nitrogen and oxygen atoms in total. The van der Waals surface area contributed by atoms with Crippen LogP contribution in [0.3, 0.4) is 0 Å². The van der Waals surface area contributed by atoms with Gasteiger partial charge in [0, 0.05) is 4.88 Å². The van der Waals surface area contributed by atoms with E-state index in [1.807, 2.05) is 24.8 Å². The molecule has 28 heavy (non-hydrogen) atoms. The zero-order valence-electron chi connectivity index (χ0n) is 16.3. The van der Waals surface area contributed by atoms with Gasteiger partial charge in [0.15, 0.2) is 6.54 Å². The molecular formula is C20H25FN3O3S+. The second kappa shape index (κ2) is 8.70. The number of amides is 1. The van der Waals surface area contributed by atoms with Crippen LogP contribution in [0.15, 0.2) is 24.3 Å². The summed E-state index contributed by atoms with van der Waals surface area (Å²) in [6.07, 6.45) is 0. The molecule has 2 heterocycles. The molecule has 0 unspecified atom stereocenters. The standard InChI is InChI=1S/C20H24FN3O3S/c1-13-14(2)28-19(18(13)20(26)27-3)22-17(25)12-23-8-10-24(11-9-23)16-7-5-4-6-15(16)21/h4-7H,8-12H2,1-3H3,(H,22,25)/p+1. The molecule has 8 heteroatoms. The number of quaternary nitrogens is 1. The van der Waals surface area contributed by atoms with Gasteiger partial charge >= 0.3 is 5.97 Å². The summed E-state index contributed by atoms with van der Waals surface area (Å²) in [6, 6.07) is 6.75. The van der Waals surface area contributed by atoms with Gasteiger partial charge in [-0.1, -0.05) is 12.1 Å². The Morgan fingerprint density at radius 3 is 2.57 bits per heavy atom. The largest absolute Gasteiger partial charge is 0.465 e. The highest BCUT2D eigenvalue weighted by Gasteiger charge is 2.26. The molecule has 0 radical (unpaired) electrons. The van der Waals surface area contributed by atoms with Crippen LogP contribution < -0.4 is 15.1 Å². The van der Waals surface area contributed by atoms with Crippen LogP contribution in [0.1, 0.15) is 20.8 Å². The highest BCUT2D eigenvalue weighted by atomic mass is 32.1. The monoisotopic (exact) mass is 406 g/mol. The van der Waals surface area contributed by atoms with Crippen LogP contribution in [0.25, 0.3) is 0 Å². The number of halogens is 1. The van der Waals surface area contributed by atoms with Crippen molar-refractivity contribution in [1.29, 1.82) is 0 Å². The van der Waals surface area contributed by atoms with E-state index < -0.39 is 5.97 Å². The number of hydrogen-bond donors (Lipinski definition) is 2. The number of nitrogens with one attached hydrogen (secondary N) is 2. The summed E-state index contributed by atoms with van der Waals surface area (Å²) in [6.45, 7) is 6.93. The molecule has 1 amide bonds. The fourth-order valence-corrected chi connectivity index (χ4v) is 4.47. The lowest BCUT2D eigenvalue weighted by atomic mass is 10.1. The smallest absolute Gasteiger partial charge is 0.341 e. The molecular weight excluding hydrogens is 381 g/mol. The first-order valence-electron chi connectivity index (χ1n) is 9.22. The highest BCUT2D eigenvalue weighted by molar-refractivity contribution is 7.16. The summed E-state index contributed by atoms with van der Waals surface area (Å²) in [4.78, 5) is 28.7. The van der Waals surface area contributed by atoms with Crippen molar-refractivity contribution in [3.63, 3.8) is 0 Å². The zero-order chi connectivity index (χ0) is 20.3. The van der Waals surface area contributed by atoms with Crippen LogP contribution in [0.4, 0.5) is 15.1 Å². The number of benzene rings is 1. The fourth-order valence-electron chi connectivity index (χ4n) is 3.41. The van der Waals surface area contributed by atoms with Gasteiger partial charge in [-0.3, -0.25) is 4.79 Å². The summed E-state index contributed by atoms with van der Waals surface area (Å²) < 4.78 is 18.8. The molecule has 1 aromatic heterocycles. The van der Waals surface area contributed by atoms with Gasteiger partial charge in [-0.15, -0.1) is 11.3 Å². The maximum Gasteiger partial charge on any atom is 0.341 e. The Morgan fingerprint density at radius 2 is 1.93 bits per heavy atom. The number of carbonyl (C=O) groups excluding carboxylic acids is 2. The Labute approximate surface area is 167 Å². The third kappa shape index (κ3) is 4.34. The molecule has 0 aliphatic carbocycles. The van der Waals surface area contributed by atoms with Crippen molar-refractivity contribution in [3.8, 4) is 0 Å². The maximum atomic E-state index is 13.9. The number of anilines is 2. The maximum absolute atomic E-state index is 13.9. The van der Waals surface area contributed by atoms with E-state index >= 15 is 0 Å². The zero-order valence-corrected chi connectivity index (χ0v) is 17.1. The first-order chi connectivity index (χ1) is 13.4. The van der Waals surface area contributed by atoms with Crippen molar-refractivity contribution in [3.05, 3.63) is 46.1 Å². The third-order valence-corrected chi connectivity index (χ3v) is 6.22. The SMILES string of the molecule is COC(=O)c1c(NC(=O)C[NH+]2CCN(c3ccccc3F)CC2)sc(C)c1C. The summed E-state index contributed by atoms with van der Waals surface area (Å²) in [5, 5.41) is 3.41. The Morgan fingerprint density at radius 1 is 1.25 bits per heavy atom. The first kappa shape index (κ1) is 20.3. The van der Waals surface area contributed by atoms with Crippen LogP contribution in [0, 0.1) is 19.7 Å². The van der Waals surface area contributed by atoms with Crippen molar-refractivity contribution in [2.24, 2.45) is 0 Å². The average molecular weight is 407 g/mol. The number of esters is 1. The molecule has 1 fully saturated rings. The molecule has 2 N–H and O–H groups in total. The highest BCUT2D eigenvalue weighted by Crippen LogP contribution is 2.32. The number of aryl methyl sites for hydroxylation is 1. The van der Waals surface area contributed by atoms with E-state index in [-0.39, 0.29) is 11.7 Å². The third-order valence-electron chi connectivity index (χ3n) is 5.10. The van der Waals surface area contributed by atoms with E-state index in [1.165, 1.54) is 24.5 Å². The number of methoxy groups -OCH3 is 1. The second-order valence-electron chi connectivity index (χ2n) is 6.89. The van der Waals surface area contributed by atoms with E-state index in [9.17, 15) is 14.0 Å². The molecule has 150 valence electrons. The van der Waals surface area contributed by atoms with Crippen molar-refractivity contribution in [2.45, 2.75) is 13.8 Å². The van der Waals surface area contributed by atoms with E-state index in [4.69, 9.17) is 4.74 Å². The number of carbonyl (C=O) groups is 2. The second-order valence-corrected chi connectivity index (χ2v) is 8.12. The summed E-state index contributed by atoms with van der Waals surface area (Å²) in [5.74, 6) is -0.800. The van der Waals surface area contributed by atoms with Crippen molar-refractivity contribution < 1.29 is 23.6 Å². The van der Waals surface area contributed by atoms with Gasteiger partial charge < -0.3 is 19.9 Å². The molecule has 3 rings (SSSR count). The van der Waals surface area contributed by atoms with E-state index in [0.29, 0.717) is 35.9 Å². The lowest BCUT2D eigenvalue weighted by molar-refractivity contribution is -0.892. The van der Waals surface area contributed by atoms with Crippen LogP contribution >= 0.6 is 11.3 Å². The van der Waals surface area contributed by atoms with Crippen molar-refractivity contribution in [1.82, 2.24) is 0 Å². The molecule has 0 bridgehead atoms. The van der Waals surface area contributed by atoms with Gasteiger partial charge in [0.1, 0.15) is 10.8 Å². The van der Waals surface area contributed by atoms with E-state index in [2.05, 4.69) is 5.32 Å². The Balaban J connectivity index is 1.58. The molecule has 1 aromatic carbocycles.